The van der Waals surface area contributed by atoms with E-state index in [0.717, 1.165) is 36.5 Å². The third kappa shape index (κ3) is 6.21. The number of rotatable bonds is 7. The summed E-state index contributed by atoms with van der Waals surface area (Å²) in [5.41, 5.74) is 2.84. The summed E-state index contributed by atoms with van der Waals surface area (Å²) in [5.74, 6) is 4.04. The average molecular weight is 465 g/mol. The fraction of sp³-hybridized carbons (Fsp3) is 0.400. The van der Waals surface area contributed by atoms with E-state index < -0.39 is 17.5 Å². The number of hydrogen-bond acceptors (Lipinski definition) is 1. The third-order valence-corrected chi connectivity index (χ3v) is 7.05. The van der Waals surface area contributed by atoms with Gasteiger partial charge in [0.2, 0.25) is 0 Å². The average Bonchev–Trinajstić information content (AvgIpc) is 2.86. The van der Waals surface area contributed by atoms with Crippen molar-refractivity contribution in [1.29, 1.82) is 0 Å². The first kappa shape index (κ1) is 24.4. The molecule has 0 N–H and O–H groups in total. The van der Waals surface area contributed by atoms with Gasteiger partial charge in [-0.1, -0.05) is 55.7 Å². The normalized spacial score (nSPS) is 18.0. The first-order valence-electron chi connectivity index (χ1n) is 12.2. The molecule has 1 nitrogen and oxygen atoms in total. The van der Waals surface area contributed by atoms with E-state index in [0.29, 0.717) is 10.9 Å². The van der Waals surface area contributed by atoms with Gasteiger partial charge in [-0.05, 0) is 78.8 Å². The van der Waals surface area contributed by atoms with E-state index in [2.05, 4.69) is 24.0 Å². The molecule has 1 saturated carbocycles. The number of halogens is 3. The Hall–Kier alpha value is -2.77. The molecule has 3 aromatic carbocycles. The Labute approximate surface area is 200 Å². The van der Waals surface area contributed by atoms with Crippen molar-refractivity contribution in [3.8, 4) is 11.8 Å². The summed E-state index contributed by atoms with van der Waals surface area (Å²) >= 11 is 0. The summed E-state index contributed by atoms with van der Waals surface area (Å²) in [7, 11) is 1.78. The molecule has 34 heavy (non-hydrogen) atoms. The number of fused-ring (bicyclic) bond motifs is 1. The molecule has 0 saturated heterocycles. The van der Waals surface area contributed by atoms with Crippen molar-refractivity contribution >= 4 is 10.8 Å². The molecular formula is C30H31F3O. The molecule has 0 atom stereocenters. The maximum Gasteiger partial charge on any atom is 0.195 e. The summed E-state index contributed by atoms with van der Waals surface area (Å²) in [6.07, 6.45) is 10.2. The molecule has 178 valence electrons. The minimum atomic E-state index is -1.45. The van der Waals surface area contributed by atoms with Crippen LogP contribution in [0.5, 0.6) is 0 Å². The molecule has 0 amide bonds. The van der Waals surface area contributed by atoms with E-state index in [9.17, 15) is 13.2 Å². The standard InChI is InChI=1S/C30H31F3O/c1-34-18-2-3-21-4-6-22(7-5-21)8-9-23-10-12-24(13-11-23)14-15-25-16-17-27-26(19-25)20-28(31)30(33)29(27)32/h10-13,16-17,19-22H,2-9,18H2,1H3. The van der Waals surface area contributed by atoms with Crippen molar-refractivity contribution in [3.63, 3.8) is 0 Å². The molecule has 0 bridgehead atoms. The number of ether oxygens (including phenoxy) is 1. The number of aryl methyl sites for hydroxylation is 1. The predicted octanol–water partition coefficient (Wildman–Crippen LogP) is 7.82. The molecule has 0 heterocycles. The van der Waals surface area contributed by atoms with Crippen LogP contribution in [0.1, 0.15) is 61.6 Å². The molecular weight excluding hydrogens is 433 g/mol. The molecule has 1 fully saturated rings. The van der Waals surface area contributed by atoms with Crippen LogP contribution in [0.3, 0.4) is 0 Å². The van der Waals surface area contributed by atoms with Crippen molar-refractivity contribution in [2.75, 3.05) is 13.7 Å². The van der Waals surface area contributed by atoms with E-state index in [1.54, 1.807) is 19.2 Å². The highest BCUT2D eigenvalue weighted by Crippen LogP contribution is 2.34. The molecule has 1 aliphatic rings. The van der Waals surface area contributed by atoms with Gasteiger partial charge in [-0.2, -0.15) is 0 Å². The van der Waals surface area contributed by atoms with E-state index in [1.807, 2.05) is 12.1 Å². The van der Waals surface area contributed by atoms with Crippen LogP contribution in [-0.4, -0.2) is 13.7 Å². The number of benzene rings is 3. The van der Waals surface area contributed by atoms with E-state index >= 15 is 0 Å². The Kier molecular flexibility index (Phi) is 8.29. The number of methoxy groups -OCH3 is 1. The smallest absolute Gasteiger partial charge is 0.195 e. The fourth-order valence-corrected chi connectivity index (χ4v) is 4.98. The molecule has 0 aliphatic heterocycles. The van der Waals surface area contributed by atoms with Crippen molar-refractivity contribution in [1.82, 2.24) is 0 Å². The molecule has 1 aliphatic carbocycles. The van der Waals surface area contributed by atoms with E-state index in [4.69, 9.17) is 4.74 Å². The van der Waals surface area contributed by atoms with Gasteiger partial charge in [-0.15, -0.1) is 0 Å². The first-order valence-corrected chi connectivity index (χ1v) is 12.2. The highest BCUT2D eigenvalue weighted by Gasteiger charge is 2.20. The second-order valence-electron chi connectivity index (χ2n) is 9.43. The Balaban J connectivity index is 1.30. The van der Waals surface area contributed by atoms with Gasteiger partial charge in [0.05, 0.1) is 0 Å². The highest BCUT2D eigenvalue weighted by atomic mass is 19.2. The monoisotopic (exact) mass is 464 g/mol. The fourth-order valence-electron chi connectivity index (χ4n) is 4.98. The predicted molar refractivity (Wildman–Crippen MR) is 131 cm³/mol. The number of hydrogen-bond donors (Lipinski definition) is 0. The second-order valence-corrected chi connectivity index (χ2v) is 9.43. The highest BCUT2D eigenvalue weighted by molar-refractivity contribution is 5.84. The van der Waals surface area contributed by atoms with Gasteiger partial charge >= 0.3 is 0 Å². The lowest BCUT2D eigenvalue weighted by molar-refractivity contribution is 0.175. The Bertz CT molecular complexity index is 1170. The third-order valence-electron chi connectivity index (χ3n) is 7.05. The summed E-state index contributed by atoms with van der Waals surface area (Å²) in [6, 6.07) is 13.9. The van der Waals surface area contributed by atoms with Gasteiger partial charge in [-0.25, -0.2) is 13.2 Å². The van der Waals surface area contributed by atoms with Gasteiger partial charge in [-0.3, -0.25) is 0 Å². The lowest BCUT2D eigenvalue weighted by Gasteiger charge is -2.28. The Morgan fingerprint density at radius 2 is 1.44 bits per heavy atom. The summed E-state index contributed by atoms with van der Waals surface area (Å²) < 4.78 is 46.0. The SMILES string of the molecule is COCCCC1CCC(CCc2ccc(C#Cc3ccc4c(F)c(F)c(F)cc4c3)cc2)CC1. The molecule has 0 spiro atoms. The second kappa shape index (κ2) is 11.6. The Morgan fingerprint density at radius 3 is 2.15 bits per heavy atom. The van der Waals surface area contributed by atoms with Crippen LogP contribution in [0.4, 0.5) is 13.2 Å². The molecule has 4 rings (SSSR count). The van der Waals surface area contributed by atoms with Crippen molar-refractivity contribution < 1.29 is 17.9 Å². The van der Waals surface area contributed by atoms with Crippen LogP contribution in [0.15, 0.2) is 48.5 Å². The first-order chi connectivity index (χ1) is 16.5. The van der Waals surface area contributed by atoms with Gasteiger partial charge in [0.1, 0.15) is 0 Å². The van der Waals surface area contributed by atoms with E-state index in [1.165, 1.54) is 56.6 Å². The zero-order chi connectivity index (χ0) is 23.9. The zero-order valence-corrected chi connectivity index (χ0v) is 19.7. The van der Waals surface area contributed by atoms with Crippen LogP contribution in [0.25, 0.3) is 10.8 Å². The van der Waals surface area contributed by atoms with Crippen LogP contribution < -0.4 is 0 Å². The van der Waals surface area contributed by atoms with Gasteiger partial charge in [0, 0.05) is 30.2 Å². The topological polar surface area (TPSA) is 9.23 Å². The van der Waals surface area contributed by atoms with Gasteiger partial charge < -0.3 is 4.74 Å². The van der Waals surface area contributed by atoms with Crippen molar-refractivity contribution in [2.45, 2.75) is 51.4 Å². The van der Waals surface area contributed by atoms with E-state index in [-0.39, 0.29) is 5.39 Å². The summed E-state index contributed by atoms with van der Waals surface area (Å²) in [6.45, 7) is 0.879. The largest absolute Gasteiger partial charge is 0.385 e. The minimum Gasteiger partial charge on any atom is -0.385 e. The molecule has 3 aromatic rings. The minimum absolute atomic E-state index is 0.0494. The van der Waals surface area contributed by atoms with Crippen molar-refractivity contribution in [2.24, 2.45) is 11.8 Å². The zero-order valence-electron chi connectivity index (χ0n) is 19.7. The van der Waals surface area contributed by atoms with Gasteiger partial charge in [0.25, 0.3) is 0 Å². The van der Waals surface area contributed by atoms with Crippen LogP contribution in [-0.2, 0) is 11.2 Å². The Morgan fingerprint density at radius 1 is 0.794 bits per heavy atom. The molecule has 0 unspecified atom stereocenters. The quantitative estimate of drug-likeness (QED) is 0.197. The summed E-state index contributed by atoms with van der Waals surface area (Å²) in [4.78, 5) is 0. The summed E-state index contributed by atoms with van der Waals surface area (Å²) in [5, 5.41) is 0.343. The molecule has 4 heteroatoms. The van der Waals surface area contributed by atoms with Crippen LogP contribution in [0, 0.1) is 41.1 Å². The van der Waals surface area contributed by atoms with Crippen molar-refractivity contribution in [3.05, 3.63) is 82.7 Å². The van der Waals surface area contributed by atoms with Crippen LogP contribution >= 0.6 is 0 Å². The lowest BCUT2D eigenvalue weighted by atomic mass is 9.78. The van der Waals surface area contributed by atoms with Gasteiger partial charge in [0.15, 0.2) is 17.5 Å². The lowest BCUT2D eigenvalue weighted by Crippen LogP contribution is -2.15. The maximum absolute atomic E-state index is 13.9. The molecule has 0 aromatic heterocycles. The maximum atomic E-state index is 13.9. The molecule has 0 radical (unpaired) electrons. The van der Waals surface area contributed by atoms with Crippen LogP contribution in [0.2, 0.25) is 0 Å².